The lowest BCUT2D eigenvalue weighted by molar-refractivity contribution is -0.143. The molecule has 1 unspecified atom stereocenters. The van der Waals surface area contributed by atoms with E-state index in [1.54, 1.807) is 0 Å². The maximum Gasteiger partial charge on any atom is 0.324 e. The molecule has 94 valence electrons. The zero-order chi connectivity index (χ0) is 12.0. The van der Waals surface area contributed by atoms with E-state index in [-0.39, 0.29) is 12.0 Å². The summed E-state index contributed by atoms with van der Waals surface area (Å²) < 4.78 is 4.83. The minimum absolute atomic E-state index is 0.153. The lowest BCUT2D eigenvalue weighted by Crippen LogP contribution is -2.50. The van der Waals surface area contributed by atoms with E-state index in [2.05, 4.69) is 10.2 Å². The largest absolute Gasteiger partial charge is 0.468 e. The summed E-state index contributed by atoms with van der Waals surface area (Å²) in [4.78, 5) is 14.0. The predicted molar refractivity (Wildman–Crippen MR) is 64.4 cm³/mol. The van der Waals surface area contributed by atoms with E-state index in [0.29, 0.717) is 6.04 Å². The molecule has 1 N–H and O–H groups in total. The molecule has 0 aliphatic carbocycles. The normalized spacial score (nSPS) is 19.8. The van der Waals surface area contributed by atoms with Crippen LogP contribution in [0.15, 0.2) is 0 Å². The molecule has 1 fully saturated rings. The number of likely N-dealkylation sites (tertiary alicyclic amines) is 1. The van der Waals surface area contributed by atoms with Crippen LogP contribution in [-0.4, -0.2) is 49.7 Å². The Labute approximate surface area is 98.3 Å². The van der Waals surface area contributed by atoms with Gasteiger partial charge >= 0.3 is 5.97 Å². The number of methoxy groups -OCH3 is 1. The van der Waals surface area contributed by atoms with Gasteiger partial charge in [0, 0.05) is 12.6 Å². The van der Waals surface area contributed by atoms with E-state index >= 15 is 0 Å². The van der Waals surface area contributed by atoms with E-state index in [9.17, 15) is 4.79 Å². The van der Waals surface area contributed by atoms with Crippen molar-refractivity contribution in [3.63, 3.8) is 0 Å². The molecular weight excluding hydrogens is 204 g/mol. The van der Waals surface area contributed by atoms with Crippen molar-refractivity contribution < 1.29 is 9.53 Å². The van der Waals surface area contributed by atoms with Gasteiger partial charge in [-0.3, -0.25) is 4.79 Å². The number of ether oxygens (including phenoxy) is 1. The van der Waals surface area contributed by atoms with Crippen molar-refractivity contribution in [1.82, 2.24) is 10.2 Å². The van der Waals surface area contributed by atoms with Crippen LogP contribution in [0.1, 0.15) is 33.1 Å². The highest BCUT2D eigenvalue weighted by Gasteiger charge is 2.23. The van der Waals surface area contributed by atoms with Gasteiger partial charge < -0.3 is 15.0 Å². The minimum Gasteiger partial charge on any atom is -0.468 e. The Morgan fingerprint density at radius 3 is 2.44 bits per heavy atom. The van der Waals surface area contributed by atoms with Crippen LogP contribution in [0.2, 0.25) is 0 Å². The van der Waals surface area contributed by atoms with Gasteiger partial charge in [-0.1, -0.05) is 20.3 Å². The third-order valence-corrected chi connectivity index (χ3v) is 2.91. The van der Waals surface area contributed by atoms with Crippen molar-refractivity contribution in [2.75, 3.05) is 26.7 Å². The standard InChI is InChI=1S/C12H24N2O2/c1-10(2)13-11(12(15)16-3)9-14-7-5-4-6-8-14/h10-11,13H,4-9H2,1-3H3. The molecule has 0 spiro atoms. The smallest absolute Gasteiger partial charge is 0.324 e. The van der Waals surface area contributed by atoms with Crippen LogP contribution in [0.25, 0.3) is 0 Å². The van der Waals surface area contributed by atoms with Gasteiger partial charge in [0.05, 0.1) is 7.11 Å². The number of nitrogens with zero attached hydrogens (tertiary/aromatic N) is 1. The summed E-state index contributed by atoms with van der Waals surface area (Å²) in [6, 6.07) is 0.108. The molecule has 0 bridgehead atoms. The number of nitrogens with one attached hydrogen (secondary N) is 1. The summed E-state index contributed by atoms with van der Waals surface area (Å²) in [6.45, 7) is 7.07. The molecule has 0 aromatic heterocycles. The summed E-state index contributed by atoms with van der Waals surface area (Å²) in [7, 11) is 1.45. The zero-order valence-corrected chi connectivity index (χ0v) is 10.7. The van der Waals surface area contributed by atoms with Crippen molar-refractivity contribution in [1.29, 1.82) is 0 Å². The van der Waals surface area contributed by atoms with Crippen molar-refractivity contribution in [2.24, 2.45) is 0 Å². The number of carbonyl (C=O) groups excluding carboxylic acids is 1. The van der Waals surface area contributed by atoms with Gasteiger partial charge in [0.2, 0.25) is 0 Å². The van der Waals surface area contributed by atoms with Crippen molar-refractivity contribution >= 4 is 5.97 Å². The highest BCUT2D eigenvalue weighted by Crippen LogP contribution is 2.09. The molecule has 1 heterocycles. The number of piperidine rings is 1. The van der Waals surface area contributed by atoms with Crippen molar-refractivity contribution in [3.8, 4) is 0 Å². The predicted octanol–water partition coefficient (Wildman–Crippen LogP) is 1.01. The summed E-state index contributed by atoms with van der Waals surface area (Å²) in [5.74, 6) is -0.153. The summed E-state index contributed by atoms with van der Waals surface area (Å²) in [5, 5.41) is 3.26. The van der Waals surface area contributed by atoms with E-state index in [0.717, 1.165) is 19.6 Å². The second-order valence-electron chi connectivity index (χ2n) is 4.76. The van der Waals surface area contributed by atoms with Gasteiger partial charge in [-0.25, -0.2) is 0 Å². The average Bonchev–Trinajstić information content (AvgIpc) is 2.28. The highest BCUT2D eigenvalue weighted by molar-refractivity contribution is 5.75. The molecule has 1 aliphatic heterocycles. The molecular formula is C12H24N2O2. The number of hydrogen-bond donors (Lipinski definition) is 1. The first-order chi connectivity index (χ1) is 7.63. The fourth-order valence-electron chi connectivity index (χ4n) is 2.14. The van der Waals surface area contributed by atoms with Crippen LogP contribution in [0.3, 0.4) is 0 Å². The van der Waals surface area contributed by atoms with E-state index in [4.69, 9.17) is 4.74 Å². The number of carbonyl (C=O) groups is 1. The molecule has 1 atom stereocenters. The fourth-order valence-corrected chi connectivity index (χ4v) is 2.14. The zero-order valence-electron chi connectivity index (χ0n) is 10.7. The Kier molecular flexibility index (Phi) is 5.77. The average molecular weight is 228 g/mol. The first-order valence-corrected chi connectivity index (χ1v) is 6.19. The molecule has 4 nitrogen and oxygen atoms in total. The lowest BCUT2D eigenvalue weighted by atomic mass is 10.1. The van der Waals surface area contributed by atoms with Crippen LogP contribution < -0.4 is 5.32 Å². The minimum atomic E-state index is -0.192. The van der Waals surface area contributed by atoms with Crippen LogP contribution in [0.5, 0.6) is 0 Å². The number of rotatable bonds is 5. The van der Waals surface area contributed by atoms with Gasteiger partial charge in [0.25, 0.3) is 0 Å². The Balaban J connectivity index is 2.44. The second kappa shape index (κ2) is 6.86. The quantitative estimate of drug-likeness (QED) is 0.713. The van der Waals surface area contributed by atoms with Crippen molar-refractivity contribution in [2.45, 2.75) is 45.2 Å². The molecule has 0 aromatic rings. The third kappa shape index (κ3) is 4.49. The van der Waals surface area contributed by atoms with Crippen LogP contribution in [0, 0.1) is 0 Å². The number of esters is 1. The van der Waals surface area contributed by atoms with Gasteiger partial charge in [-0.15, -0.1) is 0 Å². The monoisotopic (exact) mass is 228 g/mol. The van der Waals surface area contributed by atoms with Crippen LogP contribution in [-0.2, 0) is 9.53 Å². The lowest BCUT2D eigenvalue weighted by Gasteiger charge is -2.30. The van der Waals surface area contributed by atoms with E-state index in [1.807, 2.05) is 13.8 Å². The van der Waals surface area contributed by atoms with E-state index < -0.39 is 0 Å². The maximum absolute atomic E-state index is 11.6. The second-order valence-corrected chi connectivity index (χ2v) is 4.76. The first kappa shape index (κ1) is 13.5. The molecule has 0 amide bonds. The Morgan fingerprint density at radius 1 is 1.31 bits per heavy atom. The molecule has 0 radical (unpaired) electrons. The molecule has 1 rings (SSSR count). The molecule has 4 heteroatoms. The van der Waals surface area contributed by atoms with Gasteiger partial charge in [0.15, 0.2) is 0 Å². The van der Waals surface area contributed by atoms with Crippen LogP contribution in [0.4, 0.5) is 0 Å². The first-order valence-electron chi connectivity index (χ1n) is 6.19. The van der Waals surface area contributed by atoms with Gasteiger partial charge in [-0.05, 0) is 25.9 Å². The van der Waals surface area contributed by atoms with Crippen molar-refractivity contribution in [3.05, 3.63) is 0 Å². The Hall–Kier alpha value is -0.610. The summed E-state index contributed by atoms with van der Waals surface area (Å²) >= 11 is 0. The maximum atomic E-state index is 11.6. The molecule has 0 saturated carbocycles. The topological polar surface area (TPSA) is 41.6 Å². The molecule has 1 aliphatic rings. The summed E-state index contributed by atoms with van der Waals surface area (Å²) in [6.07, 6.45) is 3.81. The van der Waals surface area contributed by atoms with Crippen LogP contribution >= 0.6 is 0 Å². The number of hydrogen-bond acceptors (Lipinski definition) is 4. The third-order valence-electron chi connectivity index (χ3n) is 2.91. The molecule has 16 heavy (non-hydrogen) atoms. The molecule has 0 aromatic carbocycles. The highest BCUT2D eigenvalue weighted by atomic mass is 16.5. The Morgan fingerprint density at radius 2 is 1.94 bits per heavy atom. The Bertz CT molecular complexity index is 213. The van der Waals surface area contributed by atoms with E-state index in [1.165, 1.54) is 26.4 Å². The van der Waals surface area contributed by atoms with Gasteiger partial charge in [-0.2, -0.15) is 0 Å². The fraction of sp³-hybridized carbons (Fsp3) is 0.917. The summed E-state index contributed by atoms with van der Waals surface area (Å²) in [5.41, 5.74) is 0. The van der Waals surface area contributed by atoms with Gasteiger partial charge in [0.1, 0.15) is 6.04 Å². The molecule has 1 saturated heterocycles. The SMILES string of the molecule is COC(=O)C(CN1CCCCC1)NC(C)C.